The molecule has 29 heavy (non-hydrogen) atoms. The molecule has 6 heteroatoms. The summed E-state index contributed by atoms with van der Waals surface area (Å²) in [5, 5.41) is 3.00. The predicted octanol–water partition coefficient (Wildman–Crippen LogP) is 3.17. The van der Waals surface area contributed by atoms with Gasteiger partial charge in [0.25, 0.3) is 0 Å². The molecule has 0 aliphatic carbocycles. The Bertz CT molecular complexity index is 820. The van der Waals surface area contributed by atoms with Gasteiger partial charge in [-0.15, -0.1) is 0 Å². The molecule has 1 heterocycles. The van der Waals surface area contributed by atoms with Gasteiger partial charge in [0.2, 0.25) is 5.91 Å². The molecule has 2 aromatic carbocycles. The number of ether oxygens (including phenoxy) is 3. The maximum absolute atomic E-state index is 12.4. The molecule has 156 valence electrons. The summed E-state index contributed by atoms with van der Waals surface area (Å²) in [4.78, 5) is 14.6. The van der Waals surface area contributed by atoms with Crippen LogP contribution < -0.4 is 19.5 Å². The van der Waals surface area contributed by atoms with Crippen molar-refractivity contribution in [2.24, 2.45) is 0 Å². The topological polar surface area (TPSA) is 60.0 Å². The van der Waals surface area contributed by atoms with Crippen LogP contribution in [0.4, 0.5) is 0 Å². The molecule has 1 aliphatic rings. The number of amides is 1. The van der Waals surface area contributed by atoms with Gasteiger partial charge >= 0.3 is 0 Å². The highest BCUT2D eigenvalue weighted by Gasteiger charge is 2.21. The summed E-state index contributed by atoms with van der Waals surface area (Å²) >= 11 is 0. The number of nitrogens with zero attached hydrogens (tertiary/aromatic N) is 1. The molecule has 0 spiro atoms. The van der Waals surface area contributed by atoms with E-state index in [0.29, 0.717) is 26.3 Å². The highest BCUT2D eigenvalue weighted by molar-refractivity contribution is 5.78. The minimum absolute atomic E-state index is 0.0280. The lowest BCUT2D eigenvalue weighted by Crippen LogP contribution is -2.39. The van der Waals surface area contributed by atoms with E-state index in [1.165, 1.54) is 11.1 Å². The molecule has 2 aromatic rings. The van der Waals surface area contributed by atoms with Crippen LogP contribution in [0.3, 0.4) is 0 Å². The average Bonchev–Trinajstić information content (AvgIpc) is 2.73. The number of nitrogens with one attached hydrogen (secondary N) is 1. The van der Waals surface area contributed by atoms with E-state index in [1.807, 2.05) is 38.1 Å². The molecule has 0 saturated carbocycles. The van der Waals surface area contributed by atoms with E-state index in [9.17, 15) is 4.79 Å². The smallest absolute Gasteiger partial charge is 0.234 e. The van der Waals surface area contributed by atoms with E-state index in [2.05, 4.69) is 22.3 Å². The highest BCUT2D eigenvalue weighted by Crippen LogP contribution is 2.33. The van der Waals surface area contributed by atoms with E-state index in [-0.39, 0.29) is 5.91 Å². The highest BCUT2D eigenvalue weighted by atomic mass is 16.5. The van der Waals surface area contributed by atoms with Crippen LogP contribution in [0, 0.1) is 0 Å². The molecule has 6 nitrogen and oxygen atoms in total. The molecule has 3 rings (SSSR count). The molecule has 1 N–H and O–H groups in total. The molecule has 1 amide bonds. The Morgan fingerprint density at radius 1 is 1.03 bits per heavy atom. The van der Waals surface area contributed by atoms with Crippen molar-refractivity contribution in [3.8, 4) is 17.2 Å². The van der Waals surface area contributed by atoms with Gasteiger partial charge < -0.3 is 19.5 Å². The van der Waals surface area contributed by atoms with Crippen LogP contribution in [0.1, 0.15) is 30.5 Å². The lowest BCUT2D eigenvalue weighted by atomic mass is 9.98. The van der Waals surface area contributed by atoms with E-state index in [4.69, 9.17) is 14.2 Å². The SMILES string of the molecule is CCOc1cc2c(cc1OCC)CN(CC(=O)NCc1ccc(OC)cc1)CC2. The molecular formula is C23H30N2O4. The zero-order valence-corrected chi connectivity index (χ0v) is 17.5. The number of benzene rings is 2. The van der Waals surface area contributed by atoms with Gasteiger partial charge in [-0.2, -0.15) is 0 Å². The number of carbonyl (C=O) groups excluding carboxylic acids is 1. The minimum Gasteiger partial charge on any atom is -0.497 e. The second-order valence-corrected chi connectivity index (χ2v) is 7.02. The molecule has 0 unspecified atom stereocenters. The van der Waals surface area contributed by atoms with Crippen LogP contribution in [0.15, 0.2) is 36.4 Å². The van der Waals surface area contributed by atoms with Crippen molar-refractivity contribution in [1.29, 1.82) is 0 Å². The van der Waals surface area contributed by atoms with Crippen molar-refractivity contribution in [3.63, 3.8) is 0 Å². The molecule has 0 saturated heterocycles. The van der Waals surface area contributed by atoms with E-state index < -0.39 is 0 Å². The Morgan fingerprint density at radius 2 is 1.69 bits per heavy atom. The number of carbonyl (C=O) groups is 1. The number of hydrogen-bond acceptors (Lipinski definition) is 5. The predicted molar refractivity (Wildman–Crippen MR) is 113 cm³/mol. The fourth-order valence-corrected chi connectivity index (χ4v) is 3.50. The fourth-order valence-electron chi connectivity index (χ4n) is 3.50. The van der Waals surface area contributed by atoms with Crippen LogP contribution in [0.2, 0.25) is 0 Å². The Kier molecular flexibility index (Phi) is 7.36. The quantitative estimate of drug-likeness (QED) is 0.703. The van der Waals surface area contributed by atoms with Gasteiger partial charge in [0, 0.05) is 19.6 Å². The van der Waals surface area contributed by atoms with Crippen LogP contribution in [-0.2, 0) is 24.3 Å². The van der Waals surface area contributed by atoms with E-state index >= 15 is 0 Å². The van der Waals surface area contributed by atoms with Crippen LogP contribution in [0.5, 0.6) is 17.2 Å². The molecule has 0 fully saturated rings. The van der Waals surface area contributed by atoms with Crippen LogP contribution in [-0.4, -0.2) is 44.2 Å². The molecule has 0 aromatic heterocycles. The average molecular weight is 399 g/mol. The van der Waals surface area contributed by atoms with Crippen molar-refractivity contribution < 1.29 is 19.0 Å². The monoisotopic (exact) mass is 398 g/mol. The first-order valence-electron chi connectivity index (χ1n) is 10.2. The van der Waals surface area contributed by atoms with Crippen molar-refractivity contribution in [2.75, 3.05) is 33.4 Å². The van der Waals surface area contributed by atoms with E-state index in [0.717, 1.165) is 42.3 Å². The summed E-state index contributed by atoms with van der Waals surface area (Å²) in [6.07, 6.45) is 0.896. The Balaban J connectivity index is 1.56. The fraction of sp³-hybridized carbons (Fsp3) is 0.435. The van der Waals surface area contributed by atoms with Gasteiger partial charge in [-0.25, -0.2) is 0 Å². The summed E-state index contributed by atoms with van der Waals surface area (Å²) in [6, 6.07) is 11.9. The molecule has 0 radical (unpaired) electrons. The first kappa shape index (κ1) is 21.0. The largest absolute Gasteiger partial charge is 0.497 e. The van der Waals surface area contributed by atoms with Crippen molar-refractivity contribution in [2.45, 2.75) is 33.4 Å². The van der Waals surface area contributed by atoms with Gasteiger partial charge in [-0.3, -0.25) is 9.69 Å². The second kappa shape index (κ2) is 10.2. The van der Waals surface area contributed by atoms with Gasteiger partial charge in [-0.05, 0) is 61.2 Å². The van der Waals surface area contributed by atoms with Crippen LogP contribution >= 0.6 is 0 Å². The zero-order valence-electron chi connectivity index (χ0n) is 17.5. The first-order chi connectivity index (χ1) is 14.1. The maximum Gasteiger partial charge on any atom is 0.234 e. The third-order valence-electron chi connectivity index (χ3n) is 4.97. The number of rotatable bonds is 9. The van der Waals surface area contributed by atoms with Gasteiger partial charge in [0.05, 0.1) is 26.9 Å². The van der Waals surface area contributed by atoms with E-state index in [1.54, 1.807) is 7.11 Å². The molecule has 0 bridgehead atoms. The lowest BCUT2D eigenvalue weighted by Gasteiger charge is -2.29. The second-order valence-electron chi connectivity index (χ2n) is 7.02. The Morgan fingerprint density at radius 3 is 2.31 bits per heavy atom. The van der Waals surface area contributed by atoms with Crippen molar-refractivity contribution in [3.05, 3.63) is 53.1 Å². The first-order valence-corrected chi connectivity index (χ1v) is 10.2. The normalized spacial score (nSPS) is 13.5. The minimum atomic E-state index is 0.0280. The standard InChI is InChI=1S/C23H30N2O4/c1-4-28-21-12-18-10-11-25(15-19(18)13-22(21)29-5-2)16-23(26)24-14-17-6-8-20(27-3)9-7-17/h6-9,12-13H,4-5,10-11,14-16H2,1-3H3,(H,24,26). The number of hydrogen-bond donors (Lipinski definition) is 1. The summed E-state index contributed by atoms with van der Waals surface area (Å²) in [7, 11) is 1.64. The summed E-state index contributed by atoms with van der Waals surface area (Å²) < 4.78 is 16.6. The summed E-state index contributed by atoms with van der Waals surface area (Å²) in [5.74, 6) is 2.42. The number of fused-ring (bicyclic) bond motifs is 1. The van der Waals surface area contributed by atoms with Crippen molar-refractivity contribution in [1.82, 2.24) is 10.2 Å². The van der Waals surface area contributed by atoms with Crippen molar-refractivity contribution >= 4 is 5.91 Å². The summed E-state index contributed by atoms with van der Waals surface area (Å²) in [5.41, 5.74) is 3.52. The number of methoxy groups -OCH3 is 1. The third-order valence-corrected chi connectivity index (χ3v) is 4.97. The van der Waals surface area contributed by atoms with Gasteiger partial charge in [0.1, 0.15) is 5.75 Å². The molecular weight excluding hydrogens is 368 g/mol. The Labute approximate surface area is 172 Å². The van der Waals surface area contributed by atoms with Gasteiger partial charge in [0.15, 0.2) is 11.5 Å². The zero-order chi connectivity index (χ0) is 20.6. The molecule has 1 aliphatic heterocycles. The third kappa shape index (κ3) is 5.64. The molecule has 0 atom stereocenters. The van der Waals surface area contributed by atoms with Crippen LogP contribution in [0.25, 0.3) is 0 Å². The lowest BCUT2D eigenvalue weighted by molar-refractivity contribution is -0.122. The Hall–Kier alpha value is -2.73. The van der Waals surface area contributed by atoms with Gasteiger partial charge in [-0.1, -0.05) is 12.1 Å². The summed E-state index contributed by atoms with van der Waals surface area (Å²) in [6.45, 7) is 7.62. The maximum atomic E-state index is 12.4.